The summed E-state index contributed by atoms with van der Waals surface area (Å²) in [5.74, 6) is 5.96. The summed E-state index contributed by atoms with van der Waals surface area (Å²) in [5, 5.41) is 0. The zero-order valence-corrected chi connectivity index (χ0v) is 7.68. The predicted molar refractivity (Wildman–Crippen MR) is 48.5 cm³/mol. The third kappa shape index (κ3) is 1.64. The number of methoxy groups -OCH3 is 1. The van der Waals surface area contributed by atoms with E-state index in [1.54, 1.807) is 7.11 Å². The second kappa shape index (κ2) is 3.59. The first-order chi connectivity index (χ1) is 5.29. The van der Waals surface area contributed by atoms with Crippen molar-refractivity contribution in [3.8, 4) is 5.75 Å². The van der Waals surface area contributed by atoms with Crippen LogP contribution in [0.2, 0.25) is 0 Å². The van der Waals surface area contributed by atoms with Crippen LogP contribution in [0.15, 0.2) is 22.7 Å². The highest BCUT2D eigenvalue weighted by molar-refractivity contribution is 9.10. The number of nitrogens with one attached hydrogen (secondary N) is 1. The maximum Gasteiger partial charge on any atom is 0.157 e. The van der Waals surface area contributed by atoms with E-state index in [0.717, 1.165) is 15.9 Å². The Labute approximate surface area is 73.6 Å². The van der Waals surface area contributed by atoms with E-state index in [9.17, 15) is 0 Å². The van der Waals surface area contributed by atoms with E-state index in [-0.39, 0.29) is 0 Å². The summed E-state index contributed by atoms with van der Waals surface area (Å²) in [5.41, 5.74) is 3.30. The van der Waals surface area contributed by atoms with Gasteiger partial charge in [0.25, 0.3) is 0 Å². The Morgan fingerprint density at radius 2 is 2.27 bits per heavy atom. The molecule has 1 rings (SSSR count). The van der Waals surface area contributed by atoms with Crippen LogP contribution >= 0.6 is 15.9 Å². The van der Waals surface area contributed by atoms with Gasteiger partial charge in [-0.05, 0) is 28.1 Å². The molecule has 0 spiro atoms. The number of hydrazine groups is 1. The van der Waals surface area contributed by atoms with Gasteiger partial charge in [0.15, 0.2) is 5.75 Å². The molecule has 1 aromatic carbocycles. The summed E-state index contributed by atoms with van der Waals surface area (Å²) >= 11 is 3.33. The van der Waals surface area contributed by atoms with Crippen LogP contribution in [-0.4, -0.2) is 7.11 Å². The van der Waals surface area contributed by atoms with E-state index < -0.39 is 0 Å². The molecular weight excluding hydrogens is 208 g/mol. The van der Waals surface area contributed by atoms with Crippen LogP contribution in [0.4, 0.5) is 5.69 Å². The molecule has 11 heavy (non-hydrogen) atoms. The topological polar surface area (TPSA) is 47.3 Å². The summed E-state index contributed by atoms with van der Waals surface area (Å²) in [6, 6.07) is 5.60. The van der Waals surface area contributed by atoms with E-state index in [4.69, 9.17) is 10.6 Å². The fraction of sp³-hybridized carbons (Fsp3) is 0.143. The quantitative estimate of drug-likeness (QED) is 0.585. The van der Waals surface area contributed by atoms with E-state index in [1.807, 2.05) is 18.2 Å². The van der Waals surface area contributed by atoms with Gasteiger partial charge in [-0.3, -0.25) is 5.84 Å². The maximum atomic E-state index is 5.24. The van der Waals surface area contributed by atoms with Crippen molar-refractivity contribution in [2.45, 2.75) is 0 Å². The van der Waals surface area contributed by atoms with Gasteiger partial charge in [-0.2, -0.15) is 0 Å². The van der Waals surface area contributed by atoms with Gasteiger partial charge >= 0.3 is 0 Å². The number of halogens is 1. The van der Waals surface area contributed by atoms with E-state index in [0.29, 0.717) is 0 Å². The van der Waals surface area contributed by atoms with Gasteiger partial charge in [-0.25, -0.2) is 0 Å². The van der Waals surface area contributed by atoms with Crippen molar-refractivity contribution in [1.29, 1.82) is 0 Å². The van der Waals surface area contributed by atoms with Crippen molar-refractivity contribution in [2.24, 2.45) is 5.84 Å². The van der Waals surface area contributed by atoms with Crippen molar-refractivity contribution in [3.63, 3.8) is 0 Å². The first-order valence-electron chi connectivity index (χ1n) is 3.08. The van der Waals surface area contributed by atoms with Crippen LogP contribution in [-0.2, 0) is 0 Å². The van der Waals surface area contributed by atoms with Crippen molar-refractivity contribution < 1.29 is 4.74 Å². The molecule has 0 aliphatic carbocycles. The molecule has 0 amide bonds. The van der Waals surface area contributed by atoms with Crippen LogP contribution in [0.5, 0.6) is 5.75 Å². The normalized spacial score (nSPS) is 9.36. The molecule has 0 aromatic heterocycles. The Bertz CT molecular complexity index is 252. The van der Waals surface area contributed by atoms with Crippen LogP contribution < -0.4 is 16.0 Å². The summed E-state index contributed by atoms with van der Waals surface area (Å²) in [6.45, 7) is 0. The minimum atomic E-state index is 0.718. The zero-order chi connectivity index (χ0) is 8.27. The first kappa shape index (κ1) is 8.36. The number of rotatable bonds is 2. The molecule has 0 radical (unpaired) electrons. The van der Waals surface area contributed by atoms with E-state index in [2.05, 4.69) is 21.4 Å². The van der Waals surface area contributed by atoms with Gasteiger partial charge in [0.2, 0.25) is 0 Å². The monoisotopic (exact) mass is 216 g/mol. The fourth-order valence-corrected chi connectivity index (χ4v) is 1.36. The van der Waals surface area contributed by atoms with Gasteiger partial charge < -0.3 is 10.2 Å². The summed E-state index contributed by atoms with van der Waals surface area (Å²) in [4.78, 5) is 0. The Kier molecular flexibility index (Phi) is 2.73. The maximum absolute atomic E-state index is 5.24. The molecule has 0 fully saturated rings. The predicted octanol–water partition coefficient (Wildman–Crippen LogP) is 1.74. The molecule has 0 unspecified atom stereocenters. The van der Waals surface area contributed by atoms with Crippen LogP contribution in [0, 0.1) is 0 Å². The number of ether oxygens (including phenoxy) is 1. The minimum Gasteiger partial charge on any atom is -0.493 e. The largest absolute Gasteiger partial charge is 0.493 e. The third-order valence-corrected chi connectivity index (χ3v) is 1.95. The molecule has 0 saturated heterocycles. The van der Waals surface area contributed by atoms with Crippen LogP contribution in [0.3, 0.4) is 0 Å². The lowest BCUT2D eigenvalue weighted by molar-refractivity contribution is 0.414. The minimum absolute atomic E-state index is 0.718. The molecule has 3 nitrogen and oxygen atoms in total. The molecule has 0 aliphatic rings. The Morgan fingerprint density at radius 1 is 1.55 bits per heavy atom. The average molecular weight is 217 g/mol. The standard InChI is InChI=1S/C7H9BrN2O/c1-11-7-5(8)3-2-4-6(7)10-9/h2-4,10H,9H2,1H3. The summed E-state index contributed by atoms with van der Waals surface area (Å²) < 4.78 is 5.96. The number of hydrogen-bond donors (Lipinski definition) is 2. The number of anilines is 1. The molecular formula is C7H9BrN2O. The highest BCUT2D eigenvalue weighted by Crippen LogP contribution is 2.31. The number of hydrogen-bond acceptors (Lipinski definition) is 3. The molecule has 60 valence electrons. The highest BCUT2D eigenvalue weighted by atomic mass is 79.9. The van der Waals surface area contributed by atoms with Gasteiger partial charge in [0.05, 0.1) is 17.3 Å². The van der Waals surface area contributed by atoms with Crippen LogP contribution in [0.1, 0.15) is 0 Å². The smallest absolute Gasteiger partial charge is 0.157 e. The lowest BCUT2D eigenvalue weighted by Crippen LogP contribution is -2.08. The molecule has 0 aliphatic heterocycles. The van der Waals surface area contributed by atoms with Gasteiger partial charge in [0, 0.05) is 0 Å². The zero-order valence-electron chi connectivity index (χ0n) is 6.10. The second-order valence-corrected chi connectivity index (χ2v) is 2.82. The molecule has 1 aromatic rings. The van der Waals surface area contributed by atoms with Gasteiger partial charge in [0.1, 0.15) is 0 Å². The molecule has 0 atom stereocenters. The second-order valence-electron chi connectivity index (χ2n) is 1.96. The molecule has 0 heterocycles. The van der Waals surface area contributed by atoms with E-state index in [1.165, 1.54) is 0 Å². The molecule has 4 heteroatoms. The summed E-state index contributed by atoms with van der Waals surface area (Å²) in [6.07, 6.45) is 0. The number of para-hydroxylation sites is 1. The average Bonchev–Trinajstić information content (AvgIpc) is 2.04. The first-order valence-corrected chi connectivity index (χ1v) is 3.88. The van der Waals surface area contributed by atoms with Crippen molar-refractivity contribution in [1.82, 2.24) is 0 Å². The van der Waals surface area contributed by atoms with Gasteiger partial charge in [-0.15, -0.1) is 0 Å². The van der Waals surface area contributed by atoms with Crippen LogP contribution in [0.25, 0.3) is 0 Å². The van der Waals surface area contributed by atoms with Crippen molar-refractivity contribution in [3.05, 3.63) is 22.7 Å². The highest BCUT2D eigenvalue weighted by Gasteiger charge is 2.03. The SMILES string of the molecule is COc1c(Br)cccc1NN. The third-order valence-electron chi connectivity index (χ3n) is 1.33. The Balaban J connectivity index is 3.13. The number of nitrogens with two attached hydrogens (primary N) is 1. The molecule has 3 N–H and O–H groups in total. The van der Waals surface area contributed by atoms with E-state index >= 15 is 0 Å². The Morgan fingerprint density at radius 3 is 2.73 bits per heavy atom. The number of nitrogen functional groups attached to an aromatic ring is 1. The molecule has 0 saturated carbocycles. The Hall–Kier alpha value is -0.740. The lowest BCUT2D eigenvalue weighted by atomic mass is 10.3. The molecule has 0 bridgehead atoms. The van der Waals surface area contributed by atoms with Crippen molar-refractivity contribution >= 4 is 21.6 Å². The van der Waals surface area contributed by atoms with Crippen molar-refractivity contribution in [2.75, 3.05) is 12.5 Å². The lowest BCUT2D eigenvalue weighted by Gasteiger charge is -2.08. The van der Waals surface area contributed by atoms with Gasteiger partial charge in [-0.1, -0.05) is 6.07 Å². The number of benzene rings is 1. The summed E-state index contributed by atoms with van der Waals surface area (Å²) in [7, 11) is 1.60. The fourth-order valence-electron chi connectivity index (χ4n) is 0.830.